The highest BCUT2D eigenvalue weighted by atomic mass is 35.5. The lowest BCUT2D eigenvalue weighted by atomic mass is 10.1. The molecule has 0 unspecified atom stereocenters. The molecular weight excluding hydrogens is 298 g/mol. The van der Waals surface area contributed by atoms with Gasteiger partial charge in [-0.05, 0) is 35.7 Å². The third kappa shape index (κ3) is 5.08. The quantitative estimate of drug-likeness (QED) is 0.838. The number of aryl methyl sites for hydroxylation is 1. The first-order valence-corrected chi connectivity index (χ1v) is 7.78. The highest BCUT2D eigenvalue weighted by Crippen LogP contribution is 2.15. The summed E-state index contributed by atoms with van der Waals surface area (Å²) in [4.78, 5) is 11.8. The second-order valence-corrected chi connectivity index (χ2v) is 5.46. The maximum atomic E-state index is 11.8. The van der Waals surface area contributed by atoms with Gasteiger partial charge in [-0.2, -0.15) is 0 Å². The lowest BCUT2D eigenvalue weighted by Crippen LogP contribution is -2.28. The Labute approximate surface area is 136 Å². The Morgan fingerprint density at radius 2 is 1.86 bits per heavy atom. The minimum absolute atomic E-state index is 0.00240. The molecule has 0 saturated heterocycles. The van der Waals surface area contributed by atoms with Crippen molar-refractivity contribution in [3.05, 3.63) is 64.7 Å². The van der Waals surface area contributed by atoms with Crippen LogP contribution in [0.4, 0.5) is 0 Å². The number of amides is 1. The third-order valence-electron chi connectivity index (χ3n) is 3.27. The van der Waals surface area contributed by atoms with Crippen molar-refractivity contribution in [2.24, 2.45) is 0 Å². The van der Waals surface area contributed by atoms with Gasteiger partial charge in [0.05, 0.1) is 0 Å². The summed E-state index contributed by atoms with van der Waals surface area (Å²) < 4.78 is 5.47. The number of ether oxygens (including phenoxy) is 1. The van der Waals surface area contributed by atoms with Gasteiger partial charge in [-0.15, -0.1) is 0 Å². The fourth-order valence-corrected chi connectivity index (χ4v) is 2.28. The van der Waals surface area contributed by atoms with Crippen molar-refractivity contribution in [2.75, 3.05) is 6.61 Å². The van der Waals surface area contributed by atoms with Gasteiger partial charge in [0.1, 0.15) is 5.75 Å². The Hall–Kier alpha value is -2.00. The zero-order chi connectivity index (χ0) is 15.8. The van der Waals surface area contributed by atoms with Crippen LogP contribution in [0.5, 0.6) is 5.75 Å². The Bertz CT molecular complexity index is 611. The molecule has 0 spiro atoms. The van der Waals surface area contributed by atoms with Gasteiger partial charge in [0.15, 0.2) is 6.61 Å². The maximum Gasteiger partial charge on any atom is 0.258 e. The average Bonchev–Trinajstić information content (AvgIpc) is 2.54. The first-order valence-electron chi connectivity index (χ1n) is 7.41. The van der Waals surface area contributed by atoms with E-state index < -0.39 is 0 Å². The van der Waals surface area contributed by atoms with Gasteiger partial charge >= 0.3 is 0 Å². The van der Waals surface area contributed by atoms with Crippen molar-refractivity contribution in [3.8, 4) is 5.75 Å². The third-order valence-corrected chi connectivity index (χ3v) is 3.63. The van der Waals surface area contributed by atoms with E-state index in [0.717, 1.165) is 18.4 Å². The molecular formula is C18H20ClNO2. The van der Waals surface area contributed by atoms with E-state index in [9.17, 15) is 4.79 Å². The summed E-state index contributed by atoms with van der Waals surface area (Å²) in [6.07, 6.45) is 2.17. The van der Waals surface area contributed by atoms with Crippen LogP contribution >= 0.6 is 11.6 Å². The van der Waals surface area contributed by atoms with E-state index >= 15 is 0 Å². The van der Waals surface area contributed by atoms with Crippen LogP contribution in [-0.4, -0.2) is 12.5 Å². The number of benzene rings is 2. The number of nitrogens with one attached hydrogen (secondary N) is 1. The predicted octanol–water partition coefficient (Wildman–Crippen LogP) is 3.99. The monoisotopic (exact) mass is 317 g/mol. The highest BCUT2D eigenvalue weighted by molar-refractivity contribution is 6.31. The van der Waals surface area contributed by atoms with Crippen LogP contribution in [0.1, 0.15) is 24.5 Å². The Balaban J connectivity index is 1.76. The topological polar surface area (TPSA) is 38.3 Å². The van der Waals surface area contributed by atoms with Crippen LogP contribution in [0.2, 0.25) is 5.02 Å². The van der Waals surface area contributed by atoms with Crippen molar-refractivity contribution in [3.63, 3.8) is 0 Å². The average molecular weight is 318 g/mol. The lowest BCUT2D eigenvalue weighted by Gasteiger charge is -2.09. The molecule has 4 heteroatoms. The fourth-order valence-electron chi connectivity index (χ4n) is 2.08. The zero-order valence-electron chi connectivity index (χ0n) is 12.6. The number of hydrogen-bond acceptors (Lipinski definition) is 2. The first-order chi connectivity index (χ1) is 10.7. The second-order valence-electron chi connectivity index (χ2n) is 5.05. The van der Waals surface area contributed by atoms with E-state index in [-0.39, 0.29) is 12.5 Å². The van der Waals surface area contributed by atoms with E-state index in [1.54, 1.807) is 6.07 Å². The van der Waals surface area contributed by atoms with Crippen molar-refractivity contribution >= 4 is 17.5 Å². The molecule has 2 aromatic carbocycles. The van der Waals surface area contributed by atoms with Crippen molar-refractivity contribution in [1.29, 1.82) is 0 Å². The Morgan fingerprint density at radius 1 is 1.14 bits per heavy atom. The minimum atomic E-state index is -0.169. The number of rotatable bonds is 7. The van der Waals surface area contributed by atoms with Crippen LogP contribution < -0.4 is 10.1 Å². The minimum Gasteiger partial charge on any atom is -0.484 e. The van der Waals surface area contributed by atoms with Gasteiger partial charge in [-0.25, -0.2) is 0 Å². The molecule has 0 saturated carbocycles. The summed E-state index contributed by atoms with van der Waals surface area (Å²) in [6, 6.07) is 15.3. The largest absolute Gasteiger partial charge is 0.484 e. The summed E-state index contributed by atoms with van der Waals surface area (Å²) in [5.74, 6) is 0.533. The number of carbonyl (C=O) groups excluding carboxylic acids is 1. The zero-order valence-corrected chi connectivity index (χ0v) is 13.4. The van der Waals surface area contributed by atoms with E-state index in [2.05, 4.69) is 12.2 Å². The van der Waals surface area contributed by atoms with Gasteiger partial charge in [0.25, 0.3) is 5.91 Å². The Kier molecular flexibility index (Phi) is 6.28. The molecule has 0 aliphatic rings. The van der Waals surface area contributed by atoms with E-state index in [1.807, 2.05) is 42.5 Å². The molecule has 0 radical (unpaired) electrons. The SMILES string of the molecule is CCCc1ccc(OCC(=O)NCc2ccccc2Cl)cc1. The van der Waals surface area contributed by atoms with Crippen LogP contribution in [0.25, 0.3) is 0 Å². The van der Waals surface area contributed by atoms with Gasteiger partial charge < -0.3 is 10.1 Å². The molecule has 0 heterocycles. The van der Waals surface area contributed by atoms with Crippen molar-refractivity contribution in [2.45, 2.75) is 26.3 Å². The van der Waals surface area contributed by atoms with Gasteiger partial charge in [0, 0.05) is 11.6 Å². The summed E-state index contributed by atoms with van der Waals surface area (Å²) in [5, 5.41) is 3.44. The van der Waals surface area contributed by atoms with Gasteiger partial charge in [-0.1, -0.05) is 55.3 Å². The smallest absolute Gasteiger partial charge is 0.258 e. The molecule has 0 aromatic heterocycles. The summed E-state index contributed by atoms with van der Waals surface area (Å²) in [6.45, 7) is 2.54. The summed E-state index contributed by atoms with van der Waals surface area (Å²) in [7, 11) is 0. The normalized spacial score (nSPS) is 10.3. The van der Waals surface area contributed by atoms with Crippen LogP contribution in [0.3, 0.4) is 0 Å². The van der Waals surface area contributed by atoms with E-state index in [0.29, 0.717) is 17.3 Å². The van der Waals surface area contributed by atoms with Gasteiger partial charge in [-0.3, -0.25) is 4.79 Å². The number of carbonyl (C=O) groups is 1. The molecule has 0 bridgehead atoms. The van der Waals surface area contributed by atoms with Crippen molar-refractivity contribution < 1.29 is 9.53 Å². The fraction of sp³-hybridized carbons (Fsp3) is 0.278. The summed E-state index contributed by atoms with van der Waals surface area (Å²) >= 11 is 6.04. The number of halogens is 1. The molecule has 0 aliphatic carbocycles. The standard InChI is InChI=1S/C18H20ClNO2/c1-2-5-14-8-10-16(11-9-14)22-13-18(21)20-12-15-6-3-4-7-17(15)19/h3-4,6-11H,2,5,12-13H2,1H3,(H,20,21). The molecule has 1 amide bonds. The molecule has 0 fully saturated rings. The van der Waals surface area contributed by atoms with Crippen LogP contribution in [0, 0.1) is 0 Å². The first kappa shape index (κ1) is 16.4. The molecule has 0 aliphatic heterocycles. The number of hydrogen-bond donors (Lipinski definition) is 1. The molecule has 2 aromatic rings. The molecule has 116 valence electrons. The molecule has 22 heavy (non-hydrogen) atoms. The molecule has 2 rings (SSSR count). The molecule has 0 atom stereocenters. The van der Waals surface area contributed by atoms with E-state index in [1.165, 1.54) is 5.56 Å². The summed E-state index contributed by atoms with van der Waals surface area (Å²) in [5.41, 5.74) is 2.17. The van der Waals surface area contributed by atoms with Crippen LogP contribution in [-0.2, 0) is 17.8 Å². The van der Waals surface area contributed by atoms with Crippen LogP contribution in [0.15, 0.2) is 48.5 Å². The molecule has 3 nitrogen and oxygen atoms in total. The Morgan fingerprint density at radius 3 is 2.55 bits per heavy atom. The maximum absolute atomic E-state index is 11.8. The lowest BCUT2D eigenvalue weighted by molar-refractivity contribution is -0.123. The molecule has 1 N–H and O–H groups in total. The second kappa shape index (κ2) is 8.44. The van der Waals surface area contributed by atoms with Gasteiger partial charge in [0.2, 0.25) is 0 Å². The van der Waals surface area contributed by atoms with E-state index in [4.69, 9.17) is 16.3 Å². The van der Waals surface area contributed by atoms with Crippen molar-refractivity contribution in [1.82, 2.24) is 5.32 Å². The predicted molar refractivity (Wildman–Crippen MR) is 89.2 cm³/mol. The highest BCUT2D eigenvalue weighted by Gasteiger charge is 2.05.